The SMILES string of the molecule is O=S(=O)(Nc1ccc(Cl)cn1)c1ccc(Br)cc1. The fourth-order valence-corrected chi connectivity index (χ4v) is 2.63. The van der Waals surface area contributed by atoms with E-state index in [0.29, 0.717) is 5.02 Å². The van der Waals surface area contributed by atoms with E-state index in [1.807, 2.05) is 0 Å². The predicted molar refractivity (Wildman–Crippen MR) is 74.2 cm³/mol. The summed E-state index contributed by atoms with van der Waals surface area (Å²) in [5.74, 6) is 0.224. The lowest BCUT2D eigenvalue weighted by molar-refractivity contribution is 0.601. The molecule has 0 atom stereocenters. The van der Waals surface area contributed by atoms with Gasteiger partial charge in [0.25, 0.3) is 10.0 Å². The van der Waals surface area contributed by atoms with Crippen molar-refractivity contribution in [3.8, 4) is 0 Å². The van der Waals surface area contributed by atoms with Crippen LogP contribution in [0.5, 0.6) is 0 Å². The van der Waals surface area contributed by atoms with Crippen molar-refractivity contribution in [2.24, 2.45) is 0 Å². The maximum Gasteiger partial charge on any atom is 0.263 e. The maximum absolute atomic E-state index is 12.0. The van der Waals surface area contributed by atoms with E-state index < -0.39 is 10.0 Å². The van der Waals surface area contributed by atoms with Gasteiger partial charge in [-0.05, 0) is 36.4 Å². The third-order valence-electron chi connectivity index (χ3n) is 2.09. The molecule has 7 heteroatoms. The molecule has 0 aliphatic rings. The van der Waals surface area contributed by atoms with Crippen LogP contribution < -0.4 is 4.72 Å². The Bertz CT molecular complexity index is 642. The van der Waals surface area contributed by atoms with Crippen LogP contribution in [0.15, 0.2) is 52.0 Å². The molecule has 0 amide bonds. The Morgan fingerprint density at radius 2 is 1.78 bits per heavy atom. The molecule has 4 nitrogen and oxygen atoms in total. The van der Waals surface area contributed by atoms with Crippen molar-refractivity contribution in [2.45, 2.75) is 4.90 Å². The number of nitrogens with one attached hydrogen (secondary N) is 1. The average Bonchev–Trinajstić information content (AvgIpc) is 2.32. The third-order valence-corrected chi connectivity index (χ3v) is 4.21. The molecule has 18 heavy (non-hydrogen) atoms. The van der Waals surface area contributed by atoms with E-state index in [2.05, 4.69) is 25.6 Å². The van der Waals surface area contributed by atoms with Crippen molar-refractivity contribution >= 4 is 43.4 Å². The normalized spacial score (nSPS) is 11.2. The van der Waals surface area contributed by atoms with Crippen molar-refractivity contribution in [1.82, 2.24) is 4.98 Å². The molecule has 1 heterocycles. The highest BCUT2D eigenvalue weighted by Gasteiger charge is 2.14. The van der Waals surface area contributed by atoms with Crippen LogP contribution >= 0.6 is 27.5 Å². The van der Waals surface area contributed by atoms with E-state index >= 15 is 0 Å². The second-order valence-electron chi connectivity index (χ2n) is 3.42. The molecule has 0 radical (unpaired) electrons. The van der Waals surface area contributed by atoms with Crippen molar-refractivity contribution in [1.29, 1.82) is 0 Å². The summed E-state index contributed by atoms with van der Waals surface area (Å²) in [7, 11) is -3.62. The molecule has 1 aromatic carbocycles. The lowest BCUT2D eigenvalue weighted by Crippen LogP contribution is -2.13. The van der Waals surface area contributed by atoms with Crippen molar-refractivity contribution in [2.75, 3.05) is 4.72 Å². The molecule has 2 aromatic rings. The van der Waals surface area contributed by atoms with Gasteiger partial charge >= 0.3 is 0 Å². The number of pyridine rings is 1. The lowest BCUT2D eigenvalue weighted by atomic mass is 10.4. The molecule has 0 saturated carbocycles. The monoisotopic (exact) mass is 346 g/mol. The minimum atomic E-state index is -3.62. The maximum atomic E-state index is 12.0. The molecule has 0 unspecified atom stereocenters. The summed E-state index contributed by atoms with van der Waals surface area (Å²) in [6.07, 6.45) is 1.38. The Morgan fingerprint density at radius 3 is 2.33 bits per heavy atom. The summed E-state index contributed by atoms with van der Waals surface area (Å²) < 4.78 is 27.2. The van der Waals surface area contributed by atoms with Gasteiger partial charge < -0.3 is 0 Å². The second kappa shape index (κ2) is 5.26. The van der Waals surface area contributed by atoms with E-state index in [9.17, 15) is 8.42 Å². The number of nitrogens with zero attached hydrogens (tertiary/aromatic N) is 1. The van der Waals surface area contributed by atoms with Gasteiger partial charge in [0.2, 0.25) is 0 Å². The Balaban J connectivity index is 2.27. The summed E-state index contributed by atoms with van der Waals surface area (Å²) in [6.45, 7) is 0. The van der Waals surface area contributed by atoms with Crippen LogP contribution in [0.25, 0.3) is 0 Å². The van der Waals surface area contributed by atoms with Crippen LogP contribution in [-0.2, 0) is 10.0 Å². The standard InChI is InChI=1S/C11H8BrClN2O2S/c12-8-1-4-10(5-2-8)18(16,17)15-11-6-3-9(13)7-14-11/h1-7H,(H,14,15). The molecular formula is C11H8BrClN2O2S. The first-order valence-electron chi connectivity index (χ1n) is 4.87. The van der Waals surface area contributed by atoms with Crippen LogP contribution in [0.2, 0.25) is 5.02 Å². The molecule has 0 aliphatic heterocycles. The van der Waals surface area contributed by atoms with Gasteiger partial charge in [0.05, 0.1) is 9.92 Å². The smallest absolute Gasteiger partial charge is 0.263 e. The molecule has 2 rings (SSSR count). The summed E-state index contributed by atoms with van der Waals surface area (Å²) in [4.78, 5) is 4.04. The number of hydrogen-bond donors (Lipinski definition) is 1. The summed E-state index contributed by atoms with van der Waals surface area (Å²) in [5.41, 5.74) is 0. The largest absolute Gasteiger partial charge is 0.263 e. The minimum absolute atomic E-state index is 0.169. The Hall–Kier alpha value is -1.11. The molecule has 0 fully saturated rings. The Kier molecular flexibility index (Phi) is 3.89. The van der Waals surface area contributed by atoms with Crippen molar-refractivity contribution < 1.29 is 8.42 Å². The molecule has 1 aromatic heterocycles. The van der Waals surface area contributed by atoms with Gasteiger partial charge in [-0.25, -0.2) is 13.4 Å². The van der Waals surface area contributed by atoms with Gasteiger partial charge in [0.1, 0.15) is 5.82 Å². The van der Waals surface area contributed by atoms with E-state index in [4.69, 9.17) is 11.6 Å². The number of anilines is 1. The van der Waals surface area contributed by atoms with Gasteiger partial charge in [0, 0.05) is 10.7 Å². The quantitative estimate of drug-likeness (QED) is 0.927. The summed E-state index contributed by atoms with van der Waals surface area (Å²) in [5, 5.41) is 0.446. The third kappa shape index (κ3) is 3.22. The van der Waals surface area contributed by atoms with Crippen molar-refractivity contribution in [3.05, 3.63) is 52.1 Å². The van der Waals surface area contributed by atoms with E-state index in [0.717, 1.165) is 4.47 Å². The summed E-state index contributed by atoms with van der Waals surface area (Å²) in [6, 6.07) is 9.38. The lowest BCUT2D eigenvalue weighted by Gasteiger charge is -2.07. The van der Waals surface area contributed by atoms with Gasteiger partial charge in [-0.1, -0.05) is 27.5 Å². The minimum Gasteiger partial charge on any atom is -0.263 e. The van der Waals surface area contributed by atoms with E-state index in [-0.39, 0.29) is 10.7 Å². The highest BCUT2D eigenvalue weighted by molar-refractivity contribution is 9.10. The number of benzene rings is 1. The van der Waals surface area contributed by atoms with Crippen LogP contribution in [-0.4, -0.2) is 13.4 Å². The first-order valence-corrected chi connectivity index (χ1v) is 7.53. The highest BCUT2D eigenvalue weighted by Crippen LogP contribution is 2.18. The van der Waals surface area contributed by atoms with Crippen LogP contribution in [0.1, 0.15) is 0 Å². The number of aromatic nitrogens is 1. The van der Waals surface area contributed by atoms with Crippen LogP contribution in [0, 0.1) is 0 Å². The van der Waals surface area contributed by atoms with Gasteiger partial charge in [-0.15, -0.1) is 0 Å². The first kappa shape index (κ1) is 13.3. The number of rotatable bonds is 3. The second-order valence-corrected chi connectivity index (χ2v) is 6.46. The predicted octanol–water partition coefficient (Wildman–Crippen LogP) is 3.30. The molecule has 0 aliphatic carbocycles. The fourth-order valence-electron chi connectivity index (χ4n) is 1.25. The highest BCUT2D eigenvalue weighted by atomic mass is 79.9. The Labute approximate surface area is 118 Å². The number of hydrogen-bond acceptors (Lipinski definition) is 3. The number of sulfonamides is 1. The van der Waals surface area contributed by atoms with E-state index in [1.165, 1.54) is 24.4 Å². The first-order chi connectivity index (χ1) is 8.47. The number of halogens is 2. The summed E-state index contributed by atoms with van der Waals surface area (Å²) >= 11 is 8.92. The van der Waals surface area contributed by atoms with Gasteiger partial charge in [0.15, 0.2) is 0 Å². The molecular weight excluding hydrogens is 340 g/mol. The van der Waals surface area contributed by atoms with Gasteiger partial charge in [-0.3, -0.25) is 4.72 Å². The zero-order chi connectivity index (χ0) is 13.2. The molecule has 94 valence electrons. The molecule has 0 spiro atoms. The van der Waals surface area contributed by atoms with Gasteiger partial charge in [-0.2, -0.15) is 0 Å². The zero-order valence-corrected chi connectivity index (χ0v) is 12.1. The topological polar surface area (TPSA) is 59.1 Å². The van der Waals surface area contributed by atoms with Crippen LogP contribution in [0.4, 0.5) is 5.82 Å². The molecule has 0 bridgehead atoms. The van der Waals surface area contributed by atoms with Crippen molar-refractivity contribution in [3.63, 3.8) is 0 Å². The molecule has 1 N–H and O–H groups in total. The Morgan fingerprint density at radius 1 is 1.11 bits per heavy atom. The zero-order valence-electron chi connectivity index (χ0n) is 8.97. The fraction of sp³-hybridized carbons (Fsp3) is 0. The average molecular weight is 348 g/mol. The van der Waals surface area contributed by atoms with E-state index in [1.54, 1.807) is 18.2 Å². The van der Waals surface area contributed by atoms with Crippen LogP contribution in [0.3, 0.4) is 0 Å². The molecule has 0 saturated heterocycles.